The van der Waals surface area contributed by atoms with Crippen molar-refractivity contribution < 1.29 is 13.2 Å². The van der Waals surface area contributed by atoms with Crippen molar-refractivity contribution in [2.75, 3.05) is 13.1 Å². The summed E-state index contributed by atoms with van der Waals surface area (Å²) in [6.45, 7) is 1.72. The van der Waals surface area contributed by atoms with E-state index in [4.69, 9.17) is 23.2 Å². The molecule has 0 radical (unpaired) electrons. The van der Waals surface area contributed by atoms with Crippen molar-refractivity contribution in [1.82, 2.24) is 4.31 Å². The van der Waals surface area contributed by atoms with Crippen molar-refractivity contribution in [3.05, 3.63) is 69.2 Å². The van der Waals surface area contributed by atoms with E-state index in [1.807, 2.05) is 6.92 Å². The first kappa shape index (κ1) is 18.1. The molecule has 0 N–H and O–H groups in total. The van der Waals surface area contributed by atoms with Gasteiger partial charge >= 0.3 is 0 Å². The van der Waals surface area contributed by atoms with Crippen LogP contribution in [0.3, 0.4) is 0 Å². The zero-order valence-electron chi connectivity index (χ0n) is 13.4. The van der Waals surface area contributed by atoms with Gasteiger partial charge in [-0.15, -0.1) is 0 Å². The number of ketones is 1. The molecular formula is C18H15Cl2NO3S. The highest BCUT2D eigenvalue weighted by Crippen LogP contribution is 2.28. The lowest BCUT2D eigenvalue weighted by atomic mass is 10.0. The minimum absolute atomic E-state index is 0.0988. The summed E-state index contributed by atoms with van der Waals surface area (Å²) in [5, 5.41) is 0.609. The first-order chi connectivity index (χ1) is 11.8. The number of carbonyl (C=O) groups is 1. The van der Waals surface area contributed by atoms with Crippen LogP contribution >= 0.6 is 23.2 Å². The number of carbonyl (C=O) groups excluding carboxylic acids is 1. The molecule has 1 aliphatic rings. The first-order valence-corrected chi connectivity index (χ1v) is 9.74. The van der Waals surface area contributed by atoms with Crippen molar-refractivity contribution in [2.45, 2.75) is 11.8 Å². The molecule has 25 heavy (non-hydrogen) atoms. The standard InChI is InChI=1S/C18H15Cl2NO3S/c1-12-4-6-14(7-5-12)25(23,24)21-8-2-3-13-9-16(19)17(20)10-15(13)18(22)11-21/h2-7,9-10H,8,11H2,1H3/b3-2-. The molecule has 2 aromatic carbocycles. The molecule has 0 fully saturated rings. The summed E-state index contributed by atoms with van der Waals surface area (Å²) in [5.41, 5.74) is 1.95. The summed E-state index contributed by atoms with van der Waals surface area (Å²) >= 11 is 12.0. The van der Waals surface area contributed by atoms with Crippen LogP contribution in [0.4, 0.5) is 0 Å². The smallest absolute Gasteiger partial charge is 0.243 e. The van der Waals surface area contributed by atoms with Gasteiger partial charge in [0, 0.05) is 12.1 Å². The molecule has 0 spiro atoms. The highest BCUT2D eigenvalue weighted by Gasteiger charge is 2.28. The maximum Gasteiger partial charge on any atom is 0.243 e. The molecule has 0 atom stereocenters. The predicted octanol–water partition coefficient (Wildman–Crippen LogP) is 4.20. The molecule has 0 saturated heterocycles. The summed E-state index contributed by atoms with van der Waals surface area (Å²) in [6.07, 6.45) is 3.38. The largest absolute Gasteiger partial charge is 0.293 e. The fourth-order valence-corrected chi connectivity index (χ4v) is 4.27. The molecule has 0 amide bonds. The van der Waals surface area contributed by atoms with E-state index in [9.17, 15) is 13.2 Å². The minimum Gasteiger partial charge on any atom is -0.293 e. The third-order valence-electron chi connectivity index (χ3n) is 3.98. The topological polar surface area (TPSA) is 54.5 Å². The van der Waals surface area contributed by atoms with Crippen LogP contribution in [0.15, 0.2) is 47.4 Å². The van der Waals surface area contributed by atoms with Crippen molar-refractivity contribution in [2.24, 2.45) is 0 Å². The van der Waals surface area contributed by atoms with Gasteiger partial charge in [-0.2, -0.15) is 4.31 Å². The van der Waals surface area contributed by atoms with Crippen LogP contribution in [0, 0.1) is 6.92 Å². The Morgan fingerprint density at radius 2 is 1.68 bits per heavy atom. The summed E-state index contributed by atoms with van der Waals surface area (Å²) in [6, 6.07) is 9.63. The number of halogens is 2. The Bertz CT molecular complexity index is 967. The normalized spacial score (nSPS) is 16.8. The molecule has 1 aliphatic heterocycles. The average molecular weight is 396 g/mol. The van der Waals surface area contributed by atoms with E-state index in [-0.39, 0.29) is 28.8 Å². The number of rotatable bonds is 2. The quantitative estimate of drug-likeness (QED) is 0.765. The van der Waals surface area contributed by atoms with Gasteiger partial charge in [-0.3, -0.25) is 4.79 Å². The average Bonchev–Trinajstić information content (AvgIpc) is 2.55. The van der Waals surface area contributed by atoms with E-state index in [1.54, 1.807) is 42.5 Å². The van der Waals surface area contributed by atoms with Crippen molar-refractivity contribution >= 4 is 45.1 Å². The van der Waals surface area contributed by atoms with Crippen LogP contribution in [0.5, 0.6) is 0 Å². The molecule has 1 heterocycles. The highest BCUT2D eigenvalue weighted by atomic mass is 35.5. The van der Waals surface area contributed by atoms with Gasteiger partial charge in [-0.05, 0) is 36.8 Å². The lowest BCUT2D eigenvalue weighted by molar-refractivity contribution is 0.0968. The lowest BCUT2D eigenvalue weighted by Crippen LogP contribution is -2.36. The molecule has 130 valence electrons. The van der Waals surface area contributed by atoms with Crippen LogP contribution < -0.4 is 0 Å². The molecule has 2 aromatic rings. The van der Waals surface area contributed by atoms with Gasteiger partial charge in [0.2, 0.25) is 10.0 Å². The van der Waals surface area contributed by atoms with Crippen LogP contribution in [0.25, 0.3) is 6.08 Å². The van der Waals surface area contributed by atoms with Gasteiger partial charge in [-0.25, -0.2) is 8.42 Å². The fraction of sp³-hybridized carbons (Fsp3) is 0.167. The van der Waals surface area contributed by atoms with E-state index < -0.39 is 10.0 Å². The Morgan fingerprint density at radius 1 is 1.04 bits per heavy atom. The van der Waals surface area contributed by atoms with Gasteiger partial charge in [0.1, 0.15) is 0 Å². The lowest BCUT2D eigenvalue weighted by Gasteiger charge is -2.22. The number of Topliss-reactive ketones (excluding diaryl/α,β-unsaturated/α-hetero) is 1. The monoisotopic (exact) mass is 395 g/mol. The van der Waals surface area contributed by atoms with Crippen molar-refractivity contribution in [1.29, 1.82) is 0 Å². The van der Waals surface area contributed by atoms with Crippen LogP contribution in [-0.4, -0.2) is 31.6 Å². The van der Waals surface area contributed by atoms with Crippen molar-refractivity contribution in [3.8, 4) is 0 Å². The third kappa shape index (κ3) is 3.65. The van der Waals surface area contributed by atoms with E-state index in [1.165, 1.54) is 6.07 Å². The van der Waals surface area contributed by atoms with E-state index in [2.05, 4.69) is 0 Å². The Labute approximate surface area is 156 Å². The fourth-order valence-electron chi connectivity index (χ4n) is 2.59. The second kappa shape index (κ2) is 6.92. The maximum absolute atomic E-state index is 12.8. The number of sulfonamides is 1. The van der Waals surface area contributed by atoms with Crippen LogP contribution in [0.1, 0.15) is 21.5 Å². The highest BCUT2D eigenvalue weighted by molar-refractivity contribution is 7.89. The zero-order chi connectivity index (χ0) is 18.2. The summed E-state index contributed by atoms with van der Waals surface area (Å²) in [4.78, 5) is 12.8. The Morgan fingerprint density at radius 3 is 2.36 bits per heavy atom. The van der Waals surface area contributed by atoms with E-state index in [0.717, 1.165) is 9.87 Å². The number of hydrogen-bond acceptors (Lipinski definition) is 3. The molecule has 3 rings (SSSR count). The molecule has 4 nitrogen and oxygen atoms in total. The molecule has 0 bridgehead atoms. The summed E-state index contributed by atoms with van der Waals surface area (Å²) in [7, 11) is -3.77. The summed E-state index contributed by atoms with van der Waals surface area (Å²) in [5.74, 6) is -0.325. The number of fused-ring (bicyclic) bond motifs is 1. The van der Waals surface area contributed by atoms with E-state index in [0.29, 0.717) is 16.1 Å². The van der Waals surface area contributed by atoms with Gasteiger partial charge in [-0.1, -0.05) is 53.1 Å². The van der Waals surface area contributed by atoms with Crippen molar-refractivity contribution in [3.63, 3.8) is 0 Å². The Kier molecular flexibility index (Phi) is 5.02. The Hall–Kier alpha value is -1.66. The van der Waals surface area contributed by atoms with Gasteiger partial charge in [0.25, 0.3) is 0 Å². The second-order valence-electron chi connectivity index (χ2n) is 5.79. The number of benzene rings is 2. The molecular weight excluding hydrogens is 381 g/mol. The van der Waals surface area contributed by atoms with Gasteiger partial charge < -0.3 is 0 Å². The first-order valence-electron chi connectivity index (χ1n) is 7.54. The molecule has 0 aromatic heterocycles. The van der Waals surface area contributed by atoms with Gasteiger partial charge in [0.05, 0.1) is 21.5 Å². The zero-order valence-corrected chi connectivity index (χ0v) is 15.7. The SMILES string of the molecule is Cc1ccc(S(=O)(=O)N2C/C=C\c3cc(Cl)c(Cl)cc3C(=O)C2)cc1. The molecule has 7 heteroatoms. The molecule has 0 aliphatic carbocycles. The maximum atomic E-state index is 12.8. The predicted molar refractivity (Wildman–Crippen MR) is 99.8 cm³/mol. The Balaban J connectivity index is 1.98. The number of hydrogen-bond donors (Lipinski definition) is 0. The summed E-state index contributed by atoms with van der Waals surface area (Å²) < 4.78 is 26.8. The van der Waals surface area contributed by atoms with Crippen LogP contribution in [-0.2, 0) is 10.0 Å². The second-order valence-corrected chi connectivity index (χ2v) is 8.54. The van der Waals surface area contributed by atoms with Crippen LogP contribution in [0.2, 0.25) is 10.0 Å². The van der Waals surface area contributed by atoms with E-state index >= 15 is 0 Å². The number of aryl methyl sites for hydroxylation is 1. The van der Waals surface area contributed by atoms with Gasteiger partial charge in [0.15, 0.2) is 5.78 Å². The molecule has 0 saturated carbocycles. The minimum atomic E-state index is -3.77. The number of nitrogens with zero attached hydrogens (tertiary/aromatic N) is 1. The molecule has 0 unspecified atom stereocenters. The third-order valence-corrected chi connectivity index (χ3v) is 6.53.